The van der Waals surface area contributed by atoms with E-state index in [-0.39, 0.29) is 18.9 Å². The molecule has 12 atom stereocenters. The van der Waals surface area contributed by atoms with Gasteiger partial charge >= 0.3 is 0 Å². The molecule has 2 aliphatic heterocycles. The predicted molar refractivity (Wildman–Crippen MR) is 419 cm³/mol. The van der Waals surface area contributed by atoms with Crippen LogP contribution >= 0.6 is 0 Å². The molecule has 2 heterocycles. The van der Waals surface area contributed by atoms with Crippen molar-refractivity contribution in [2.45, 2.75) is 376 Å². The molecule has 2 aliphatic rings. The minimum absolute atomic E-state index is 0.233. The number of hydrogen-bond acceptors (Lipinski definition) is 13. The van der Waals surface area contributed by atoms with Crippen LogP contribution in [-0.4, -0.2) is 140 Å². The molecule has 0 spiro atoms. The number of carbonyl (C=O) groups excluding carboxylic acids is 1. The van der Waals surface area contributed by atoms with Gasteiger partial charge in [0.2, 0.25) is 5.91 Å². The standard InChI is InChI=1S/C87H147NO13/c1-3-5-7-9-11-13-15-17-19-21-23-25-27-29-31-32-33-34-35-36-37-38-39-40-41-42-43-44-45-47-49-51-53-55-57-59-61-63-65-67-69-71-79(92)88-75(74-98-86-84(97)82(95)85(78(73-90)100-86)101-87-83(96)81(94)80(93)77(72-89)99-87)76(91)70-68-66-64-62-60-58-56-54-52-50-48-46-30-28-26-24-22-20-18-16-14-12-10-8-6-4-2/h5,7,11,13,17,19,23,25,29,31,33-34,36-37,39-40,42-43,45,47,51,53,57,59,75-78,80-87,89-91,93-97H,3-4,6,8-10,12,14-16,18,20-22,24,26-28,30,32,35,38,41,44,46,48-50,52,54-56,58,60-74H2,1-2H3,(H,88,92)/b7-5-,13-11-,19-17-,25-23-,31-29-,34-33-,37-36-,40-39-,43-42-,47-45-,53-51-,59-57-. The van der Waals surface area contributed by atoms with Crippen LogP contribution in [0.4, 0.5) is 0 Å². The van der Waals surface area contributed by atoms with Crippen LogP contribution in [0.25, 0.3) is 0 Å². The maximum atomic E-state index is 13.4. The molecule has 14 heteroatoms. The zero-order valence-corrected chi connectivity index (χ0v) is 63.3. The highest BCUT2D eigenvalue weighted by atomic mass is 16.7. The summed E-state index contributed by atoms with van der Waals surface area (Å²) in [5.74, 6) is -0.233. The van der Waals surface area contributed by atoms with E-state index in [0.29, 0.717) is 12.8 Å². The lowest BCUT2D eigenvalue weighted by atomic mass is 9.97. The van der Waals surface area contributed by atoms with Crippen molar-refractivity contribution in [3.63, 3.8) is 0 Å². The van der Waals surface area contributed by atoms with E-state index in [1.54, 1.807) is 0 Å². The highest BCUT2D eigenvalue weighted by Gasteiger charge is 2.51. The number of carbonyl (C=O) groups is 1. The average molecular weight is 1420 g/mol. The molecular weight excluding hydrogens is 1270 g/mol. The molecule has 0 aromatic carbocycles. The Morgan fingerprint density at radius 1 is 0.366 bits per heavy atom. The van der Waals surface area contributed by atoms with E-state index >= 15 is 0 Å². The lowest BCUT2D eigenvalue weighted by Crippen LogP contribution is -2.65. The Morgan fingerprint density at radius 2 is 0.683 bits per heavy atom. The van der Waals surface area contributed by atoms with Gasteiger partial charge in [-0.2, -0.15) is 0 Å². The van der Waals surface area contributed by atoms with Crippen LogP contribution < -0.4 is 5.32 Å². The third-order valence-electron chi connectivity index (χ3n) is 18.8. The highest BCUT2D eigenvalue weighted by molar-refractivity contribution is 5.76. The maximum absolute atomic E-state index is 13.4. The summed E-state index contributed by atoms with van der Waals surface area (Å²) in [6.45, 7) is 2.76. The summed E-state index contributed by atoms with van der Waals surface area (Å²) in [5.41, 5.74) is 0. The number of amides is 1. The van der Waals surface area contributed by atoms with Crippen LogP contribution in [0.3, 0.4) is 0 Å². The lowest BCUT2D eigenvalue weighted by molar-refractivity contribution is -0.359. The van der Waals surface area contributed by atoms with Gasteiger partial charge < -0.3 is 65.1 Å². The van der Waals surface area contributed by atoms with Crippen molar-refractivity contribution < 1.29 is 64.6 Å². The Labute approximate surface area is 614 Å². The molecule has 0 radical (unpaired) electrons. The summed E-state index contributed by atoms with van der Waals surface area (Å²) in [7, 11) is 0. The van der Waals surface area contributed by atoms with Gasteiger partial charge in [0.15, 0.2) is 12.6 Å². The van der Waals surface area contributed by atoms with Gasteiger partial charge in [-0.3, -0.25) is 4.79 Å². The number of unbranched alkanes of at least 4 members (excludes halogenated alkanes) is 29. The molecule has 14 nitrogen and oxygen atoms in total. The quantitative estimate of drug-likeness (QED) is 0.0204. The Bertz CT molecular complexity index is 2260. The summed E-state index contributed by atoms with van der Waals surface area (Å²) < 4.78 is 23.0. The second kappa shape index (κ2) is 68.9. The van der Waals surface area contributed by atoms with Crippen LogP contribution in [0, 0.1) is 0 Å². The molecule has 12 unspecified atom stereocenters. The van der Waals surface area contributed by atoms with E-state index in [0.717, 1.165) is 128 Å². The van der Waals surface area contributed by atoms with Gasteiger partial charge in [0.25, 0.3) is 0 Å². The minimum atomic E-state index is -1.79. The van der Waals surface area contributed by atoms with Crippen molar-refractivity contribution in [1.82, 2.24) is 5.32 Å². The minimum Gasteiger partial charge on any atom is -0.394 e. The first-order valence-corrected chi connectivity index (χ1v) is 40.6. The van der Waals surface area contributed by atoms with E-state index in [1.165, 1.54) is 141 Å². The SMILES string of the molecule is CC/C=C\C/C=C\C/C=C\C/C=C\C/C=C\C/C=C\C/C=C\C/C=C\C/C=C\C/C=C\C/C=C\C/C=C\CCCCCCC(=O)NC(COC1OC(CO)C(OC2OC(CO)C(O)C(O)C2O)C(O)C1O)C(O)CCCCCCCCCCCCCCCCCCCCCCCCCCCC. The van der Waals surface area contributed by atoms with Gasteiger partial charge in [-0.05, 0) is 103 Å². The van der Waals surface area contributed by atoms with Crippen LogP contribution in [-0.2, 0) is 23.7 Å². The largest absolute Gasteiger partial charge is 0.394 e. The lowest BCUT2D eigenvalue weighted by Gasteiger charge is -2.46. The number of ether oxygens (including phenoxy) is 4. The molecule has 578 valence electrons. The van der Waals surface area contributed by atoms with Crippen LogP contribution in [0.2, 0.25) is 0 Å². The summed E-state index contributed by atoms with van der Waals surface area (Å²) >= 11 is 0. The van der Waals surface area contributed by atoms with Crippen molar-refractivity contribution in [2.24, 2.45) is 0 Å². The highest BCUT2D eigenvalue weighted by Crippen LogP contribution is 2.30. The number of rotatable bonds is 66. The molecule has 2 saturated heterocycles. The molecule has 0 aromatic heterocycles. The van der Waals surface area contributed by atoms with Gasteiger partial charge in [-0.1, -0.05) is 339 Å². The van der Waals surface area contributed by atoms with Gasteiger partial charge in [0.05, 0.1) is 32.0 Å². The van der Waals surface area contributed by atoms with Gasteiger partial charge in [-0.25, -0.2) is 0 Å². The average Bonchev–Trinajstić information content (AvgIpc) is 0.792. The Morgan fingerprint density at radius 3 is 1.05 bits per heavy atom. The molecule has 0 aromatic rings. The van der Waals surface area contributed by atoms with Crippen LogP contribution in [0.15, 0.2) is 146 Å². The summed E-state index contributed by atoms with van der Waals surface area (Å²) in [4.78, 5) is 13.4. The van der Waals surface area contributed by atoms with Gasteiger partial charge in [0.1, 0.15) is 48.8 Å². The number of hydrogen-bond donors (Lipinski definition) is 9. The molecule has 0 saturated carbocycles. The van der Waals surface area contributed by atoms with E-state index in [9.17, 15) is 45.6 Å². The fraction of sp³-hybridized carbons (Fsp3) is 0.713. The molecule has 1 amide bonds. The summed E-state index contributed by atoms with van der Waals surface area (Å²) in [6, 6.07) is -0.855. The summed E-state index contributed by atoms with van der Waals surface area (Å²) in [5, 5.41) is 87.8. The molecule has 0 aliphatic carbocycles. The first-order valence-electron chi connectivity index (χ1n) is 40.6. The number of nitrogens with one attached hydrogen (secondary N) is 1. The van der Waals surface area contributed by atoms with E-state index in [4.69, 9.17) is 18.9 Å². The smallest absolute Gasteiger partial charge is 0.220 e. The Kier molecular flexibility index (Phi) is 63.5. The van der Waals surface area contributed by atoms with Gasteiger partial charge in [-0.15, -0.1) is 0 Å². The van der Waals surface area contributed by atoms with E-state index in [2.05, 4.69) is 165 Å². The van der Waals surface area contributed by atoms with Gasteiger partial charge in [0, 0.05) is 6.42 Å². The van der Waals surface area contributed by atoms with E-state index in [1.807, 2.05) is 0 Å². The predicted octanol–water partition coefficient (Wildman–Crippen LogP) is 18.7. The molecule has 9 N–H and O–H groups in total. The molecule has 2 rings (SSSR count). The maximum Gasteiger partial charge on any atom is 0.220 e. The fourth-order valence-electron chi connectivity index (χ4n) is 12.5. The monoisotopic (exact) mass is 1410 g/mol. The molecule has 2 fully saturated rings. The Balaban J connectivity index is 1.64. The first kappa shape index (κ1) is 93.0. The topological polar surface area (TPSA) is 228 Å². The number of allylic oxidation sites excluding steroid dienone is 24. The van der Waals surface area contributed by atoms with Crippen molar-refractivity contribution in [3.05, 3.63) is 146 Å². The van der Waals surface area contributed by atoms with Crippen LogP contribution in [0.1, 0.15) is 303 Å². The van der Waals surface area contributed by atoms with Crippen molar-refractivity contribution in [2.75, 3.05) is 19.8 Å². The Hall–Kier alpha value is -4.13. The summed E-state index contributed by atoms with van der Waals surface area (Å²) in [6.07, 6.45) is 87.3. The molecule has 101 heavy (non-hydrogen) atoms. The molecular formula is C87H147NO13. The third-order valence-corrected chi connectivity index (χ3v) is 18.8. The van der Waals surface area contributed by atoms with E-state index < -0.39 is 86.8 Å². The van der Waals surface area contributed by atoms with Crippen molar-refractivity contribution in [1.29, 1.82) is 0 Å². The second-order valence-corrected chi connectivity index (χ2v) is 27.8. The zero-order chi connectivity index (χ0) is 73.0. The number of aliphatic hydroxyl groups is 8. The van der Waals surface area contributed by atoms with Crippen molar-refractivity contribution >= 4 is 5.91 Å². The molecule has 0 bridgehead atoms. The first-order chi connectivity index (χ1) is 49.6. The third kappa shape index (κ3) is 51.7. The number of aliphatic hydroxyl groups excluding tert-OH is 8. The fourth-order valence-corrected chi connectivity index (χ4v) is 12.5. The zero-order valence-electron chi connectivity index (χ0n) is 63.3. The van der Waals surface area contributed by atoms with Crippen molar-refractivity contribution in [3.8, 4) is 0 Å². The second-order valence-electron chi connectivity index (χ2n) is 27.8. The normalized spacial score (nSPS) is 22.6. The van der Waals surface area contributed by atoms with Crippen LogP contribution in [0.5, 0.6) is 0 Å².